The van der Waals surface area contributed by atoms with E-state index in [-0.39, 0.29) is 17.4 Å². The summed E-state index contributed by atoms with van der Waals surface area (Å²) >= 11 is 0. The van der Waals surface area contributed by atoms with E-state index in [0.29, 0.717) is 18.4 Å². The maximum absolute atomic E-state index is 13.7. The van der Waals surface area contributed by atoms with E-state index in [0.717, 1.165) is 38.3 Å². The molecule has 5 nitrogen and oxygen atoms in total. The molecule has 0 radical (unpaired) electrons. The highest BCUT2D eigenvalue weighted by Crippen LogP contribution is 2.29. The molecule has 0 spiro atoms. The number of ether oxygens (including phenoxy) is 1. The fourth-order valence-electron chi connectivity index (χ4n) is 5.06. The molecule has 1 atom stereocenters. The molecule has 1 N–H and O–H groups in total. The lowest BCUT2D eigenvalue weighted by atomic mass is 9.90. The van der Waals surface area contributed by atoms with Crippen molar-refractivity contribution in [3.05, 3.63) is 54.3 Å². The topological polar surface area (TPSA) is 44.8 Å². The molecule has 2 aliphatic rings. The average Bonchev–Trinajstić information content (AvgIpc) is 2.84. The van der Waals surface area contributed by atoms with Gasteiger partial charge in [0.05, 0.1) is 12.8 Å². The van der Waals surface area contributed by atoms with Gasteiger partial charge in [-0.15, -0.1) is 0 Å². The van der Waals surface area contributed by atoms with Gasteiger partial charge in [-0.2, -0.15) is 0 Å². The van der Waals surface area contributed by atoms with E-state index in [1.165, 1.54) is 37.4 Å². The van der Waals surface area contributed by atoms with Crippen LogP contribution in [0.15, 0.2) is 48.5 Å². The summed E-state index contributed by atoms with van der Waals surface area (Å²) in [5, 5.41) is 2.71. The molecule has 2 heterocycles. The molecular weight excluding hydrogens is 405 g/mol. The van der Waals surface area contributed by atoms with Crippen LogP contribution >= 0.6 is 0 Å². The van der Waals surface area contributed by atoms with Gasteiger partial charge in [0, 0.05) is 37.8 Å². The van der Waals surface area contributed by atoms with Crippen molar-refractivity contribution in [2.75, 3.05) is 43.5 Å². The normalized spacial score (nSPS) is 20.2. The Bertz CT molecular complexity index is 881. The van der Waals surface area contributed by atoms with Gasteiger partial charge in [-0.1, -0.05) is 12.1 Å². The van der Waals surface area contributed by atoms with Crippen molar-refractivity contribution in [3.8, 4) is 5.75 Å². The molecule has 0 bridgehead atoms. The van der Waals surface area contributed by atoms with Crippen LogP contribution in [-0.2, 0) is 4.79 Å². The van der Waals surface area contributed by atoms with Crippen molar-refractivity contribution in [1.29, 1.82) is 0 Å². The molecule has 2 fully saturated rings. The number of anilines is 2. The molecule has 2 aromatic carbocycles. The van der Waals surface area contributed by atoms with Gasteiger partial charge in [0.2, 0.25) is 5.91 Å². The molecular formula is C26H34FN3O2. The first-order valence-electron chi connectivity index (χ1n) is 11.8. The number of amides is 1. The predicted octanol–water partition coefficient (Wildman–Crippen LogP) is 4.93. The zero-order valence-corrected chi connectivity index (χ0v) is 18.9. The summed E-state index contributed by atoms with van der Waals surface area (Å²) in [7, 11) is 1.70. The number of piperidine rings is 2. The van der Waals surface area contributed by atoms with Crippen LogP contribution in [0, 0.1) is 11.7 Å². The first kappa shape index (κ1) is 22.6. The highest BCUT2D eigenvalue weighted by molar-refractivity contribution is 5.90. The number of nitrogens with zero attached hydrogens (tertiary/aromatic N) is 2. The molecule has 0 unspecified atom stereocenters. The van der Waals surface area contributed by atoms with Gasteiger partial charge >= 0.3 is 0 Å². The summed E-state index contributed by atoms with van der Waals surface area (Å²) in [4.78, 5) is 17.4. The molecule has 0 aliphatic carbocycles. The first-order chi connectivity index (χ1) is 15.6. The van der Waals surface area contributed by atoms with E-state index in [1.807, 2.05) is 12.1 Å². The monoisotopic (exact) mass is 439 g/mol. The standard InChI is InChI=1S/C26H34FN3O2/c1-32-23-11-9-21(10-12-23)29-17-14-22(15-18-29)30-16-4-5-20(19-30)8-13-26(31)28-25-7-3-2-6-24(25)27/h2-3,6-7,9-12,20,22H,4-5,8,13-19H2,1H3,(H,28,31)/t20-/m0/s1. The third-order valence-corrected chi connectivity index (χ3v) is 6.90. The van der Waals surface area contributed by atoms with Gasteiger partial charge < -0.3 is 15.0 Å². The molecule has 2 aliphatic heterocycles. The third kappa shape index (κ3) is 5.80. The van der Waals surface area contributed by atoms with E-state index in [4.69, 9.17) is 4.74 Å². The van der Waals surface area contributed by atoms with Crippen LogP contribution in [-0.4, -0.2) is 50.1 Å². The Labute approximate surface area is 190 Å². The lowest BCUT2D eigenvalue weighted by Gasteiger charge is -2.43. The number of halogens is 1. The van der Waals surface area contributed by atoms with Crippen molar-refractivity contribution in [3.63, 3.8) is 0 Å². The summed E-state index contributed by atoms with van der Waals surface area (Å²) in [5.41, 5.74) is 1.54. The van der Waals surface area contributed by atoms with Crippen molar-refractivity contribution < 1.29 is 13.9 Å². The Morgan fingerprint density at radius 1 is 1.06 bits per heavy atom. The fraction of sp³-hybridized carbons (Fsp3) is 0.500. The Kier molecular flexibility index (Phi) is 7.63. The molecule has 6 heteroatoms. The van der Waals surface area contributed by atoms with E-state index < -0.39 is 0 Å². The predicted molar refractivity (Wildman–Crippen MR) is 127 cm³/mol. The Morgan fingerprint density at radius 3 is 2.53 bits per heavy atom. The molecule has 32 heavy (non-hydrogen) atoms. The molecule has 2 aromatic rings. The molecule has 2 saturated heterocycles. The molecule has 172 valence electrons. The second-order valence-electron chi connectivity index (χ2n) is 8.99. The summed E-state index contributed by atoms with van der Waals surface area (Å²) < 4.78 is 19.0. The zero-order valence-electron chi connectivity index (χ0n) is 18.9. The van der Waals surface area contributed by atoms with E-state index in [2.05, 4.69) is 27.2 Å². The quantitative estimate of drug-likeness (QED) is 0.664. The van der Waals surface area contributed by atoms with E-state index in [1.54, 1.807) is 25.3 Å². The third-order valence-electron chi connectivity index (χ3n) is 6.90. The van der Waals surface area contributed by atoms with Gasteiger partial charge in [0.25, 0.3) is 0 Å². The van der Waals surface area contributed by atoms with Crippen LogP contribution in [0.5, 0.6) is 5.75 Å². The number of hydrogen-bond donors (Lipinski definition) is 1. The Morgan fingerprint density at radius 2 is 1.81 bits per heavy atom. The first-order valence-corrected chi connectivity index (χ1v) is 11.8. The molecule has 4 rings (SSSR count). The number of benzene rings is 2. The summed E-state index contributed by atoms with van der Waals surface area (Å²) in [5.74, 6) is 0.950. The average molecular weight is 440 g/mol. The zero-order chi connectivity index (χ0) is 22.3. The SMILES string of the molecule is COc1ccc(N2CCC(N3CCC[C@@H](CCC(=O)Nc4ccccc4F)C3)CC2)cc1. The minimum absolute atomic E-state index is 0.0972. The van der Waals surface area contributed by atoms with Gasteiger partial charge in [-0.25, -0.2) is 4.39 Å². The Hall–Kier alpha value is -2.60. The van der Waals surface area contributed by atoms with Crippen LogP contribution in [0.25, 0.3) is 0 Å². The van der Waals surface area contributed by atoms with E-state index in [9.17, 15) is 9.18 Å². The summed E-state index contributed by atoms with van der Waals surface area (Å²) in [6.07, 6.45) is 6.02. The lowest BCUT2D eigenvalue weighted by Crippen LogP contribution is -2.48. The van der Waals surface area contributed by atoms with Gasteiger partial charge in [0.15, 0.2) is 0 Å². The second-order valence-corrected chi connectivity index (χ2v) is 8.99. The largest absolute Gasteiger partial charge is 0.497 e. The van der Waals surface area contributed by atoms with Crippen LogP contribution in [0.2, 0.25) is 0 Å². The second kappa shape index (κ2) is 10.8. The number of methoxy groups -OCH3 is 1. The number of carbonyl (C=O) groups is 1. The number of likely N-dealkylation sites (tertiary alicyclic amines) is 1. The maximum Gasteiger partial charge on any atom is 0.224 e. The Balaban J connectivity index is 1.22. The summed E-state index contributed by atoms with van der Waals surface area (Å²) in [6.45, 7) is 4.37. The van der Waals surface area contributed by atoms with Crippen LogP contribution < -0.4 is 15.0 Å². The minimum atomic E-state index is -0.384. The molecule has 0 aromatic heterocycles. The van der Waals surface area contributed by atoms with Crippen molar-refractivity contribution in [2.24, 2.45) is 5.92 Å². The number of para-hydroxylation sites is 1. The van der Waals surface area contributed by atoms with Crippen LogP contribution in [0.3, 0.4) is 0 Å². The maximum atomic E-state index is 13.7. The highest BCUT2D eigenvalue weighted by Gasteiger charge is 2.29. The van der Waals surface area contributed by atoms with Crippen molar-refractivity contribution in [2.45, 2.75) is 44.6 Å². The molecule has 0 saturated carbocycles. The minimum Gasteiger partial charge on any atom is -0.497 e. The van der Waals surface area contributed by atoms with E-state index >= 15 is 0 Å². The number of rotatable bonds is 7. The van der Waals surface area contributed by atoms with Crippen LogP contribution in [0.1, 0.15) is 38.5 Å². The number of hydrogen-bond acceptors (Lipinski definition) is 4. The molecule has 1 amide bonds. The lowest BCUT2D eigenvalue weighted by molar-refractivity contribution is -0.116. The van der Waals surface area contributed by atoms with Gasteiger partial charge in [0.1, 0.15) is 11.6 Å². The van der Waals surface area contributed by atoms with Gasteiger partial charge in [-0.05, 0) is 81.0 Å². The summed E-state index contributed by atoms with van der Waals surface area (Å²) in [6, 6.07) is 15.3. The van der Waals surface area contributed by atoms with Crippen molar-refractivity contribution in [1.82, 2.24) is 4.90 Å². The number of nitrogens with one attached hydrogen (secondary N) is 1. The number of carbonyl (C=O) groups excluding carboxylic acids is 1. The van der Waals surface area contributed by atoms with Crippen LogP contribution in [0.4, 0.5) is 15.8 Å². The fourth-order valence-corrected chi connectivity index (χ4v) is 5.06. The highest BCUT2D eigenvalue weighted by atomic mass is 19.1. The van der Waals surface area contributed by atoms with Crippen molar-refractivity contribution >= 4 is 17.3 Å². The van der Waals surface area contributed by atoms with Gasteiger partial charge in [-0.3, -0.25) is 9.69 Å². The smallest absolute Gasteiger partial charge is 0.224 e.